The van der Waals surface area contributed by atoms with Crippen molar-refractivity contribution >= 4 is 35.0 Å². The molecule has 8 heteroatoms. The first-order valence-electron chi connectivity index (χ1n) is 8.71. The van der Waals surface area contributed by atoms with Gasteiger partial charge in [0.15, 0.2) is 0 Å². The second-order valence-corrected chi connectivity index (χ2v) is 7.60. The molecule has 2 aromatic rings. The molecule has 1 saturated heterocycles. The van der Waals surface area contributed by atoms with Gasteiger partial charge in [0.1, 0.15) is 11.9 Å². The molecule has 0 N–H and O–H groups in total. The molecule has 1 aliphatic heterocycles. The molecule has 0 saturated carbocycles. The molecule has 0 aromatic carbocycles. The van der Waals surface area contributed by atoms with Crippen LogP contribution in [0, 0.1) is 20.8 Å². The van der Waals surface area contributed by atoms with Crippen molar-refractivity contribution in [1.82, 2.24) is 14.5 Å². The zero-order valence-electron chi connectivity index (χ0n) is 16.3. The highest BCUT2D eigenvalue weighted by atomic mass is 32.2. The SMILES string of the molecule is COC(=O)[C@@H](C)N1C(=O)S/C(=C/c2cc(C)n(-c3cc(C)ccn3)c2C)C1=O. The van der Waals surface area contributed by atoms with Gasteiger partial charge in [-0.15, -0.1) is 0 Å². The molecule has 3 heterocycles. The Morgan fingerprint density at radius 1 is 1.25 bits per heavy atom. The van der Waals surface area contributed by atoms with Crippen molar-refractivity contribution in [2.45, 2.75) is 33.7 Å². The average Bonchev–Trinajstić information content (AvgIpc) is 3.09. The molecule has 28 heavy (non-hydrogen) atoms. The molecule has 0 aliphatic carbocycles. The minimum Gasteiger partial charge on any atom is -0.467 e. The maximum Gasteiger partial charge on any atom is 0.328 e. The Morgan fingerprint density at radius 3 is 2.61 bits per heavy atom. The summed E-state index contributed by atoms with van der Waals surface area (Å²) < 4.78 is 6.65. The molecule has 0 unspecified atom stereocenters. The average molecular weight is 399 g/mol. The van der Waals surface area contributed by atoms with Gasteiger partial charge in [-0.3, -0.25) is 14.5 Å². The van der Waals surface area contributed by atoms with Crippen LogP contribution in [-0.2, 0) is 14.3 Å². The lowest BCUT2D eigenvalue weighted by Gasteiger charge is -2.18. The van der Waals surface area contributed by atoms with Gasteiger partial charge in [0, 0.05) is 17.6 Å². The van der Waals surface area contributed by atoms with E-state index in [0.29, 0.717) is 0 Å². The summed E-state index contributed by atoms with van der Waals surface area (Å²) in [5.74, 6) is -0.333. The summed E-state index contributed by atoms with van der Waals surface area (Å²) in [7, 11) is 1.22. The fourth-order valence-electron chi connectivity index (χ4n) is 3.16. The van der Waals surface area contributed by atoms with Crippen LogP contribution in [0.25, 0.3) is 11.9 Å². The lowest BCUT2D eigenvalue weighted by Crippen LogP contribution is -2.42. The van der Waals surface area contributed by atoms with Gasteiger partial charge >= 0.3 is 5.97 Å². The number of esters is 1. The third-order valence-electron chi connectivity index (χ3n) is 4.64. The van der Waals surface area contributed by atoms with Crippen LogP contribution in [0.3, 0.4) is 0 Å². The Labute approximate surface area is 167 Å². The molecule has 3 rings (SSSR count). The predicted octanol–water partition coefficient (Wildman–Crippen LogP) is 3.40. The van der Waals surface area contributed by atoms with Crippen LogP contribution in [-0.4, -0.2) is 44.7 Å². The monoisotopic (exact) mass is 399 g/mol. The first-order chi connectivity index (χ1) is 13.2. The van der Waals surface area contributed by atoms with Gasteiger partial charge in [0.2, 0.25) is 0 Å². The molecule has 2 amide bonds. The number of amides is 2. The second kappa shape index (κ2) is 7.63. The first-order valence-corrected chi connectivity index (χ1v) is 9.53. The second-order valence-electron chi connectivity index (χ2n) is 6.60. The molecule has 1 fully saturated rings. The normalized spacial score (nSPS) is 16.8. The number of aromatic nitrogens is 2. The van der Waals surface area contributed by atoms with Crippen LogP contribution in [0.4, 0.5) is 4.79 Å². The fraction of sp³-hybridized carbons (Fsp3) is 0.300. The summed E-state index contributed by atoms with van der Waals surface area (Å²) in [6.45, 7) is 7.36. The van der Waals surface area contributed by atoms with Crippen molar-refractivity contribution in [3.63, 3.8) is 0 Å². The van der Waals surface area contributed by atoms with Crippen LogP contribution in [0.5, 0.6) is 0 Å². The van der Waals surface area contributed by atoms with Crippen LogP contribution in [0.1, 0.15) is 29.4 Å². The van der Waals surface area contributed by atoms with Gasteiger partial charge in [-0.25, -0.2) is 9.78 Å². The number of pyridine rings is 1. The third kappa shape index (κ3) is 3.47. The zero-order valence-corrected chi connectivity index (χ0v) is 17.2. The Bertz CT molecular complexity index is 1010. The molecule has 1 atom stereocenters. The maximum atomic E-state index is 12.7. The molecule has 146 valence electrons. The van der Waals surface area contributed by atoms with Gasteiger partial charge in [-0.1, -0.05) is 0 Å². The minimum absolute atomic E-state index is 0.276. The van der Waals surface area contributed by atoms with E-state index in [1.165, 1.54) is 14.0 Å². The summed E-state index contributed by atoms with van der Waals surface area (Å²) in [5, 5.41) is -0.483. The van der Waals surface area contributed by atoms with E-state index in [2.05, 4.69) is 9.72 Å². The molecule has 0 spiro atoms. The van der Waals surface area contributed by atoms with E-state index in [1.807, 2.05) is 43.5 Å². The zero-order chi connectivity index (χ0) is 20.6. The number of aryl methyl sites for hydroxylation is 2. The number of hydrogen-bond donors (Lipinski definition) is 0. The van der Waals surface area contributed by atoms with Crippen LogP contribution < -0.4 is 0 Å². The van der Waals surface area contributed by atoms with E-state index >= 15 is 0 Å². The maximum absolute atomic E-state index is 12.7. The Hall–Kier alpha value is -2.87. The number of carbonyl (C=O) groups is 3. The van der Waals surface area contributed by atoms with E-state index in [4.69, 9.17) is 0 Å². The number of thioether (sulfide) groups is 1. The molecular weight excluding hydrogens is 378 g/mol. The van der Waals surface area contributed by atoms with E-state index in [1.54, 1.807) is 12.3 Å². The summed E-state index contributed by atoms with van der Waals surface area (Å²) in [6, 6.07) is 4.89. The van der Waals surface area contributed by atoms with Gasteiger partial charge < -0.3 is 9.30 Å². The van der Waals surface area contributed by atoms with Crippen molar-refractivity contribution in [1.29, 1.82) is 0 Å². The third-order valence-corrected chi connectivity index (χ3v) is 5.52. The first kappa shape index (κ1) is 19.9. The number of hydrogen-bond acceptors (Lipinski definition) is 6. The minimum atomic E-state index is -0.965. The Kier molecular flexibility index (Phi) is 5.42. The largest absolute Gasteiger partial charge is 0.467 e. The summed E-state index contributed by atoms with van der Waals surface area (Å²) in [4.78, 5) is 42.3. The fourth-order valence-corrected chi connectivity index (χ4v) is 4.06. The lowest BCUT2D eigenvalue weighted by molar-refractivity contribution is -0.148. The smallest absolute Gasteiger partial charge is 0.328 e. The van der Waals surface area contributed by atoms with Gasteiger partial charge in [-0.2, -0.15) is 0 Å². The van der Waals surface area contributed by atoms with Gasteiger partial charge in [-0.05, 0) is 74.9 Å². The van der Waals surface area contributed by atoms with Crippen molar-refractivity contribution in [2.24, 2.45) is 0 Å². The number of nitrogens with zero attached hydrogens (tertiary/aromatic N) is 3. The topological polar surface area (TPSA) is 81.5 Å². The molecule has 0 radical (unpaired) electrons. The Balaban J connectivity index is 1.97. The standard InChI is InChI=1S/C20H21N3O4S/c1-11-6-7-21-17(8-11)22-12(2)9-15(13(22)3)10-16-18(24)23(20(26)28-16)14(4)19(25)27-5/h6-10,14H,1-5H3/b16-10+/t14-/m1/s1. The molecule has 7 nitrogen and oxygen atoms in total. The van der Waals surface area contributed by atoms with E-state index in [-0.39, 0.29) is 4.91 Å². The summed E-state index contributed by atoms with van der Waals surface area (Å²) in [6.07, 6.45) is 3.44. The molecular formula is C20H21N3O4S. The molecule has 1 aliphatic rings. The van der Waals surface area contributed by atoms with Crippen molar-refractivity contribution < 1.29 is 19.1 Å². The van der Waals surface area contributed by atoms with Crippen molar-refractivity contribution in [3.05, 3.63) is 51.8 Å². The number of methoxy groups -OCH3 is 1. The van der Waals surface area contributed by atoms with E-state index < -0.39 is 23.2 Å². The van der Waals surface area contributed by atoms with Crippen LogP contribution in [0.2, 0.25) is 0 Å². The highest BCUT2D eigenvalue weighted by Crippen LogP contribution is 2.35. The van der Waals surface area contributed by atoms with Crippen molar-refractivity contribution in [2.75, 3.05) is 7.11 Å². The summed E-state index contributed by atoms with van der Waals surface area (Å²) >= 11 is 0.821. The number of imide groups is 1. The molecule has 0 bridgehead atoms. The summed E-state index contributed by atoms with van der Waals surface area (Å²) in [5.41, 5.74) is 3.78. The number of ether oxygens (including phenoxy) is 1. The van der Waals surface area contributed by atoms with E-state index in [9.17, 15) is 14.4 Å². The van der Waals surface area contributed by atoms with Gasteiger partial charge in [0.25, 0.3) is 11.1 Å². The highest BCUT2D eigenvalue weighted by molar-refractivity contribution is 8.18. The van der Waals surface area contributed by atoms with Crippen LogP contribution >= 0.6 is 11.8 Å². The quantitative estimate of drug-likeness (QED) is 0.579. The lowest BCUT2D eigenvalue weighted by atomic mass is 10.2. The predicted molar refractivity (Wildman–Crippen MR) is 107 cm³/mol. The van der Waals surface area contributed by atoms with Gasteiger partial charge in [0.05, 0.1) is 12.0 Å². The van der Waals surface area contributed by atoms with Crippen LogP contribution in [0.15, 0.2) is 29.3 Å². The highest BCUT2D eigenvalue weighted by Gasteiger charge is 2.41. The van der Waals surface area contributed by atoms with E-state index in [0.717, 1.165) is 45.0 Å². The molecule has 2 aromatic heterocycles. The van der Waals surface area contributed by atoms with Crippen molar-refractivity contribution in [3.8, 4) is 5.82 Å². The number of rotatable bonds is 4. The Morgan fingerprint density at radius 2 is 1.96 bits per heavy atom. The number of carbonyl (C=O) groups excluding carboxylic acids is 3.